The van der Waals surface area contributed by atoms with Gasteiger partial charge in [-0.15, -0.1) is 0 Å². The van der Waals surface area contributed by atoms with Gasteiger partial charge in [-0.25, -0.2) is 14.5 Å². The van der Waals surface area contributed by atoms with Crippen LogP contribution in [0.5, 0.6) is 11.6 Å². The van der Waals surface area contributed by atoms with Crippen molar-refractivity contribution in [2.75, 3.05) is 7.11 Å². The van der Waals surface area contributed by atoms with E-state index in [9.17, 15) is 4.79 Å². The van der Waals surface area contributed by atoms with Crippen molar-refractivity contribution in [1.82, 2.24) is 19.7 Å². The van der Waals surface area contributed by atoms with Crippen LogP contribution < -0.4 is 9.47 Å². The lowest BCUT2D eigenvalue weighted by atomic mass is 10.2. The molecule has 8 heteroatoms. The van der Waals surface area contributed by atoms with Gasteiger partial charge in [0.2, 0.25) is 5.88 Å². The van der Waals surface area contributed by atoms with Crippen molar-refractivity contribution in [3.8, 4) is 17.6 Å². The number of carboxylic acids is 1. The van der Waals surface area contributed by atoms with Crippen LogP contribution in [-0.4, -0.2) is 37.9 Å². The van der Waals surface area contributed by atoms with Gasteiger partial charge in [0.05, 0.1) is 18.9 Å². The third-order valence-corrected chi connectivity index (χ3v) is 3.40. The minimum Gasteiger partial charge on any atom is -0.497 e. The van der Waals surface area contributed by atoms with E-state index in [1.54, 1.807) is 20.1 Å². The Bertz CT molecular complexity index is 890. The fourth-order valence-electron chi connectivity index (χ4n) is 2.12. The minimum absolute atomic E-state index is 0.0609. The van der Waals surface area contributed by atoms with Gasteiger partial charge >= 0.3 is 5.97 Å². The van der Waals surface area contributed by atoms with Crippen molar-refractivity contribution in [3.05, 3.63) is 59.5 Å². The Morgan fingerprint density at radius 2 is 2.00 bits per heavy atom. The number of aromatic carboxylic acids is 1. The van der Waals surface area contributed by atoms with Gasteiger partial charge < -0.3 is 14.6 Å². The summed E-state index contributed by atoms with van der Waals surface area (Å²) in [5.41, 5.74) is 1.71. The molecular formula is C17H16N4O4. The number of hydrogen-bond donors (Lipinski definition) is 1. The molecule has 1 aromatic carbocycles. The van der Waals surface area contributed by atoms with Gasteiger partial charge in [-0.3, -0.25) is 0 Å². The second kappa shape index (κ2) is 7.00. The van der Waals surface area contributed by atoms with E-state index in [1.165, 1.54) is 17.1 Å². The number of methoxy groups -OCH3 is 1. The fourth-order valence-corrected chi connectivity index (χ4v) is 2.12. The number of nitrogens with zero attached hydrogens (tertiary/aromatic N) is 4. The van der Waals surface area contributed by atoms with Gasteiger partial charge in [0.15, 0.2) is 0 Å². The van der Waals surface area contributed by atoms with Crippen molar-refractivity contribution in [2.45, 2.75) is 13.5 Å². The minimum atomic E-state index is -1.06. The molecule has 3 rings (SSSR count). The number of aryl methyl sites for hydroxylation is 1. The molecule has 0 spiro atoms. The molecule has 128 valence electrons. The molecule has 8 nitrogen and oxygen atoms in total. The lowest BCUT2D eigenvalue weighted by Gasteiger charge is -2.08. The SMILES string of the molecule is COc1ccc(COc2cc(C)nc(-n3cc(C(=O)O)cn3)n2)cc1. The van der Waals surface area contributed by atoms with E-state index in [0.29, 0.717) is 18.2 Å². The maximum Gasteiger partial charge on any atom is 0.338 e. The van der Waals surface area contributed by atoms with Gasteiger partial charge in [0.25, 0.3) is 5.95 Å². The molecule has 1 N–H and O–H groups in total. The standard InChI is InChI=1S/C17H16N4O4/c1-11-7-15(25-10-12-3-5-14(24-2)6-4-12)20-17(19-11)21-9-13(8-18-21)16(22)23/h3-9H,10H2,1-2H3,(H,22,23). The van der Waals surface area contributed by atoms with Crippen LogP contribution in [0.25, 0.3) is 5.95 Å². The zero-order valence-electron chi connectivity index (χ0n) is 13.7. The van der Waals surface area contributed by atoms with Crippen LogP contribution in [0.2, 0.25) is 0 Å². The van der Waals surface area contributed by atoms with Crippen LogP contribution in [0.15, 0.2) is 42.7 Å². The summed E-state index contributed by atoms with van der Waals surface area (Å²) < 4.78 is 12.1. The fraction of sp³-hybridized carbons (Fsp3) is 0.176. The summed E-state index contributed by atoms with van der Waals surface area (Å²) in [4.78, 5) is 19.5. The Labute approximate surface area is 143 Å². The van der Waals surface area contributed by atoms with Crippen molar-refractivity contribution in [1.29, 1.82) is 0 Å². The normalized spacial score (nSPS) is 10.5. The van der Waals surface area contributed by atoms with Crippen molar-refractivity contribution in [3.63, 3.8) is 0 Å². The second-order valence-electron chi connectivity index (χ2n) is 5.26. The summed E-state index contributed by atoms with van der Waals surface area (Å²) >= 11 is 0. The quantitative estimate of drug-likeness (QED) is 0.734. The van der Waals surface area contributed by atoms with Gasteiger partial charge in [0.1, 0.15) is 12.4 Å². The first kappa shape index (κ1) is 16.4. The average Bonchev–Trinajstić information content (AvgIpc) is 3.10. The van der Waals surface area contributed by atoms with Crippen molar-refractivity contribution < 1.29 is 19.4 Å². The highest BCUT2D eigenvalue weighted by Gasteiger charge is 2.11. The van der Waals surface area contributed by atoms with E-state index in [0.717, 1.165) is 11.3 Å². The second-order valence-corrected chi connectivity index (χ2v) is 5.26. The number of benzene rings is 1. The molecule has 0 aliphatic rings. The molecule has 25 heavy (non-hydrogen) atoms. The molecule has 0 radical (unpaired) electrons. The third-order valence-electron chi connectivity index (χ3n) is 3.40. The third kappa shape index (κ3) is 3.92. The van der Waals surface area contributed by atoms with E-state index in [-0.39, 0.29) is 11.5 Å². The number of ether oxygens (including phenoxy) is 2. The van der Waals surface area contributed by atoms with E-state index in [2.05, 4.69) is 15.1 Å². The van der Waals surface area contributed by atoms with E-state index >= 15 is 0 Å². The van der Waals surface area contributed by atoms with Crippen LogP contribution in [0, 0.1) is 6.92 Å². The summed E-state index contributed by atoms with van der Waals surface area (Å²) in [5, 5.41) is 12.9. The van der Waals surface area contributed by atoms with Gasteiger partial charge in [-0.1, -0.05) is 12.1 Å². The molecule has 0 atom stereocenters. The van der Waals surface area contributed by atoms with Gasteiger partial charge in [0, 0.05) is 18.0 Å². The number of rotatable bonds is 6. The maximum absolute atomic E-state index is 11.0. The Morgan fingerprint density at radius 3 is 2.64 bits per heavy atom. The van der Waals surface area contributed by atoms with Crippen LogP contribution in [-0.2, 0) is 6.61 Å². The van der Waals surface area contributed by atoms with Crippen molar-refractivity contribution in [2.24, 2.45) is 0 Å². The molecular weight excluding hydrogens is 324 g/mol. The summed E-state index contributed by atoms with van der Waals surface area (Å²) in [6, 6.07) is 9.22. The molecule has 2 heterocycles. The zero-order chi connectivity index (χ0) is 17.8. The lowest BCUT2D eigenvalue weighted by molar-refractivity contribution is 0.0697. The van der Waals surface area contributed by atoms with Gasteiger partial charge in [-0.05, 0) is 24.6 Å². The molecule has 3 aromatic rings. The smallest absolute Gasteiger partial charge is 0.338 e. The van der Waals surface area contributed by atoms with Crippen LogP contribution >= 0.6 is 0 Å². The lowest BCUT2D eigenvalue weighted by Crippen LogP contribution is -2.06. The molecule has 0 saturated carbocycles. The highest BCUT2D eigenvalue weighted by Crippen LogP contribution is 2.16. The Morgan fingerprint density at radius 1 is 1.24 bits per heavy atom. The first-order valence-electron chi connectivity index (χ1n) is 7.45. The molecule has 0 aliphatic heterocycles. The maximum atomic E-state index is 11.0. The highest BCUT2D eigenvalue weighted by molar-refractivity contribution is 5.86. The Hall–Kier alpha value is -3.42. The largest absolute Gasteiger partial charge is 0.497 e. The summed E-state index contributed by atoms with van der Waals surface area (Å²) in [6.45, 7) is 2.13. The van der Waals surface area contributed by atoms with Crippen LogP contribution in [0.1, 0.15) is 21.6 Å². The number of hydrogen-bond acceptors (Lipinski definition) is 6. The van der Waals surface area contributed by atoms with E-state index in [4.69, 9.17) is 14.6 Å². The summed E-state index contributed by atoms with van der Waals surface area (Å²) in [6.07, 6.45) is 2.59. The molecule has 0 amide bonds. The van der Waals surface area contributed by atoms with Gasteiger partial charge in [-0.2, -0.15) is 10.1 Å². The first-order chi connectivity index (χ1) is 12.0. The molecule has 0 fully saturated rings. The molecule has 2 aromatic heterocycles. The molecule has 0 aliphatic carbocycles. The Balaban J connectivity index is 1.77. The predicted molar refractivity (Wildman–Crippen MR) is 88.2 cm³/mol. The highest BCUT2D eigenvalue weighted by atomic mass is 16.5. The van der Waals surface area contributed by atoms with E-state index < -0.39 is 5.97 Å². The number of aromatic nitrogens is 4. The molecule has 0 saturated heterocycles. The monoisotopic (exact) mass is 340 g/mol. The summed E-state index contributed by atoms with van der Waals surface area (Å²) in [5.74, 6) is 0.342. The molecule has 0 bridgehead atoms. The topological polar surface area (TPSA) is 99.4 Å². The van der Waals surface area contributed by atoms with E-state index in [1.807, 2.05) is 24.3 Å². The average molecular weight is 340 g/mol. The van der Waals surface area contributed by atoms with Crippen molar-refractivity contribution >= 4 is 5.97 Å². The molecule has 0 unspecified atom stereocenters. The zero-order valence-corrected chi connectivity index (χ0v) is 13.7. The predicted octanol–water partition coefficient (Wildman–Crippen LogP) is 2.26. The Kier molecular flexibility index (Phi) is 4.60. The van der Waals surface area contributed by atoms with Crippen LogP contribution in [0.3, 0.4) is 0 Å². The number of carbonyl (C=O) groups is 1. The van der Waals surface area contributed by atoms with Crippen LogP contribution in [0.4, 0.5) is 0 Å². The number of carboxylic acid groups (broad SMARTS) is 1. The summed E-state index contributed by atoms with van der Waals surface area (Å²) in [7, 11) is 1.61. The first-order valence-corrected chi connectivity index (χ1v) is 7.45.